The van der Waals surface area contributed by atoms with Crippen molar-refractivity contribution in [3.05, 3.63) is 76.6 Å². The van der Waals surface area contributed by atoms with E-state index in [0.29, 0.717) is 34.0 Å². The number of carbonyl (C=O) groups is 2. The lowest BCUT2D eigenvalue weighted by Gasteiger charge is -2.35. The van der Waals surface area contributed by atoms with Crippen molar-refractivity contribution in [3.63, 3.8) is 0 Å². The van der Waals surface area contributed by atoms with Gasteiger partial charge in [-0.25, -0.2) is 4.98 Å². The number of nitrogen functional groups attached to an aromatic ring is 1. The van der Waals surface area contributed by atoms with E-state index in [1.54, 1.807) is 13.2 Å². The third kappa shape index (κ3) is 4.14. The summed E-state index contributed by atoms with van der Waals surface area (Å²) in [5.41, 5.74) is 9.17. The molecule has 0 radical (unpaired) electrons. The fourth-order valence-corrected chi connectivity index (χ4v) is 5.56. The number of anilines is 1. The predicted molar refractivity (Wildman–Crippen MR) is 133 cm³/mol. The van der Waals surface area contributed by atoms with Crippen LogP contribution in [0.25, 0.3) is 10.2 Å². The summed E-state index contributed by atoms with van der Waals surface area (Å²) < 4.78 is 1.84. The molecule has 1 aliphatic heterocycles. The van der Waals surface area contributed by atoms with Gasteiger partial charge in [0.1, 0.15) is 9.71 Å². The van der Waals surface area contributed by atoms with E-state index >= 15 is 0 Å². The van der Waals surface area contributed by atoms with Crippen LogP contribution in [0.15, 0.2) is 54.9 Å². The molecule has 3 N–H and O–H groups in total. The van der Waals surface area contributed by atoms with Gasteiger partial charge in [-0.2, -0.15) is 5.10 Å². The molecule has 3 aromatic heterocycles. The van der Waals surface area contributed by atoms with E-state index in [2.05, 4.69) is 10.4 Å². The van der Waals surface area contributed by atoms with Crippen LogP contribution < -0.4 is 11.1 Å². The Labute approximate surface area is 201 Å². The summed E-state index contributed by atoms with van der Waals surface area (Å²) in [6, 6.07) is 13.4. The fourth-order valence-electron chi connectivity index (χ4n) is 4.51. The molecule has 1 saturated heterocycles. The largest absolute Gasteiger partial charge is 0.397 e. The number of nitrogens with zero attached hydrogens (tertiary/aromatic N) is 4. The van der Waals surface area contributed by atoms with E-state index in [9.17, 15) is 9.59 Å². The van der Waals surface area contributed by atoms with Crippen LogP contribution in [0, 0.1) is 0 Å². The maximum absolute atomic E-state index is 13.6. The summed E-state index contributed by atoms with van der Waals surface area (Å²) in [4.78, 5) is 33.7. The van der Waals surface area contributed by atoms with Crippen LogP contribution in [0.3, 0.4) is 0 Å². The van der Waals surface area contributed by atoms with Crippen molar-refractivity contribution in [1.82, 2.24) is 25.0 Å². The number of aromatic nitrogens is 3. The van der Waals surface area contributed by atoms with E-state index < -0.39 is 0 Å². The van der Waals surface area contributed by atoms with Crippen molar-refractivity contribution in [3.8, 4) is 0 Å². The van der Waals surface area contributed by atoms with Gasteiger partial charge in [-0.1, -0.05) is 12.1 Å². The number of carbonyl (C=O) groups excluding carboxylic acids is 2. The first-order chi connectivity index (χ1) is 16.5. The highest BCUT2D eigenvalue weighted by Gasteiger charge is 2.30. The Kier molecular flexibility index (Phi) is 6.02. The Hall–Kier alpha value is -3.72. The molecular weight excluding hydrogens is 448 g/mol. The van der Waals surface area contributed by atoms with Crippen molar-refractivity contribution >= 4 is 39.1 Å². The van der Waals surface area contributed by atoms with E-state index in [0.717, 1.165) is 35.9 Å². The summed E-state index contributed by atoms with van der Waals surface area (Å²) in [6.07, 6.45) is 6.49. The summed E-state index contributed by atoms with van der Waals surface area (Å²) in [5, 5.41) is 7.65. The molecule has 34 heavy (non-hydrogen) atoms. The van der Waals surface area contributed by atoms with Crippen molar-refractivity contribution in [2.24, 2.45) is 0 Å². The Morgan fingerprint density at radius 1 is 1.21 bits per heavy atom. The average Bonchev–Trinajstić information content (AvgIpc) is 3.50. The lowest BCUT2D eigenvalue weighted by molar-refractivity contribution is 0.0606. The summed E-state index contributed by atoms with van der Waals surface area (Å²) in [7, 11) is 1.58. The topological polar surface area (TPSA) is 106 Å². The number of likely N-dealkylation sites (tertiary alicyclic amines) is 1. The maximum Gasteiger partial charge on any atom is 0.263 e. The zero-order valence-corrected chi connectivity index (χ0v) is 19.7. The molecule has 9 heteroatoms. The van der Waals surface area contributed by atoms with Crippen molar-refractivity contribution < 1.29 is 9.59 Å². The molecule has 0 saturated carbocycles. The second-order valence-corrected chi connectivity index (χ2v) is 9.43. The number of nitrogens with two attached hydrogens (primary N) is 1. The third-order valence-electron chi connectivity index (χ3n) is 6.23. The Bertz CT molecular complexity index is 1350. The van der Waals surface area contributed by atoms with Gasteiger partial charge in [0.2, 0.25) is 0 Å². The van der Waals surface area contributed by atoms with Gasteiger partial charge in [-0.15, -0.1) is 11.3 Å². The zero-order valence-electron chi connectivity index (χ0n) is 18.9. The predicted octanol–water partition coefficient (Wildman–Crippen LogP) is 3.85. The molecule has 0 bridgehead atoms. The standard InChI is InChI=1S/C25H26N6O2S/c1-27-23(32)22-21(26)18-9-10-19(29-24(18)34-22)20-8-2-3-13-31(20)25(33)17-7-4-6-16(14-17)15-30-12-5-11-28-30/h4-7,9-12,14,20H,2-3,8,13,15,26H2,1H3,(H,27,32)/t20-/m0/s1. The minimum absolute atomic E-state index is 0.00524. The molecule has 1 atom stereocenters. The number of thiophene rings is 1. The van der Waals surface area contributed by atoms with Gasteiger partial charge >= 0.3 is 0 Å². The molecule has 2 amide bonds. The van der Waals surface area contributed by atoms with Gasteiger partial charge in [0.05, 0.1) is 24.0 Å². The third-order valence-corrected chi connectivity index (χ3v) is 7.35. The fraction of sp³-hybridized carbons (Fsp3) is 0.280. The molecular formula is C25H26N6O2S. The Morgan fingerprint density at radius 3 is 2.88 bits per heavy atom. The van der Waals surface area contributed by atoms with Crippen LogP contribution in [-0.2, 0) is 6.54 Å². The van der Waals surface area contributed by atoms with Crippen molar-refractivity contribution in [2.45, 2.75) is 31.8 Å². The number of amides is 2. The maximum atomic E-state index is 13.6. The number of piperidine rings is 1. The smallest absolute Gasteiger partial charge is 0.263 e. The molecule has 0 unspecified atom stereocenters. The van der Waals surface area contributed by atoms with Crippen LogP contribution >= 0.6 is 11.3 Å². The number of nitrogens with one attached hydrogen (secondary N) is 1. The van der Waals surface area contributed by atoms with Crippen molar-refractivity contribution in [1.29, 1.82) is 0 Å². The molecule has 4 heterocycles. The number of pyridine rings is 1. The minimum Gasteiger partial charge on any atom is -0.397 e. The monoisotopic (exact) mass is 474 g/mol. The molecule has 1 aromatic carbocycles. The van der Waals surface area contributed by atoms with Crippen LogP contribution in [0.2, 0.25) is 0 Å². The quantitative estimate of drug-likeness (QED) is 0.457. The first-order valence-electron chi connectivity index (χ1n) is 11.3. The molecule has 4 aromatic rings. The number of benzene rings is 1. The number of hydrogen-bond acceptors (Lipinski definition) is 6. The van der Waals surface area contributed by atoms with Gasteiger partial charge in [0.15, 0.2) is 0 Å². The SMILES string of the molecule is CNC(=O)c1sc2nc([C@@H]3CCCCN3C(=O)c3cccc(Cn4cccn4)c3)ccc2c1N. The van der Waals surface area contributed by atoms with Gasteiger partial charge in [0.25, 0.3) is 11.8 Å². The van der Waals surface area contributed by atoms with Gasteiger partial charge in [-0.05, 0) is 55.2 Å². The van der Waals surface area contributed by atoms with E-state index in [-0.39, 0.29) is 17.9 Å². The summed E-state index contributed by atoms with van der Waals surface area (Å²) >= 11 is 1.28. The van der Waals surface area contributed by atoms with Gasteiger partial charge < -0.3 is 16.0 Å². The first-order valence-corrected chi connectivity index (χ1v) is 12.1. The number of rotatable bonds is 5. The number of fused-ring (bicyclic) bond motifs is 1. The molecule has 1 fully saturated rings. The van der Waals surface area contributed by atoms with Crippen LogP contribution in [0.4, 0.5) is 5.69 Å². The Balaban J connectivity index is 1.44. The molecule has 0 spiro atoms. The molecule has 5 rings (SSSR count). The van der Waals surface area contributed by atoms with E-state index in [1.807, 2.05) is 58.2 Å². The summed E-state index contributed by atoms with van der Waals surface area (Å²) in [6.45, 7) is 1.30. The van der Waals surface area contributed by atoms with Gasteiger partial charge in [0, 0.05) is 36.9 Å². The van der Waals surface area contributed by atoms with Crippen LogP contribution in [0.1, 0.15) is 56.6 Å². The number of hydrogen-bond donors (Lipinski definition) is 2. The second kappa shape index (κ2) is 9.26. The molecule has 0 aliphatic carbocycles. The van der Waals surface area contributed by atoms with E-state index in [1.165, 1.54) is 11.3 Å². The minimum atomic E-state index is -0.216. The zero-order chi connectivity index (χ0) is 23.7. The lowest BCUT2D eigenvalue weighted by atomic mass is 9.97. The van der Waals surface area contributed by atoms with Crippen molar-refractivity contribution in [2.75, 3.05) is 19.3 Å². The normalized spacial score (nSPS) is 16.0. The lowest BCUT2D eigenvalue weighted by Crippen LogP contribution is -2.38. The van der Waals surface area contributed by atoms with E-state index in [4.69, 9.17) is 10.7 Å². The molecule has 174 valence electrons. The molecule has 8 nitrogen and oxygen atoms in total. The van der Waals surface area contributed by atoms with Gasteiger partial charge in [-0.3, -0.25) is 14.3 Å². The van der Waals surface area contributed by atoms with Crippen LogP contribution in [0.5, 0.6) is 0 Å². The average molecular weight is 475 g/mol. The summed E-state index contributed by atoms with van der Waals surface area (Å²) in [5.74, 6) is -0.211. The molecule has 1 aliphatic rings. The highest BCUT2D eigenvalue weighted by atomic mass is 32.1. The first kappa shape index (κ1) is 22.1. The second-order valence-electron chi connectivity index (χ2n) is 8.43. The highest BCUT2D eigenvalue weighted by molar-refractivity contribution is 7.21. The Morgan fingerprint density at radius 2 is 2.09 bits per heavy atom. The highest BCUT2D eigenvalue weighted by Crippen LogP contribution is 2.36. The van der Waals surface area contributed by atoms with Crippen LogP contribution in [-0.4, -0.2) is 45.1 Å².